The molecule has 0 aliphatic rings. The number of hydrogen-bond acceptors (Lipinski definition) is 6. The van der Waals surface area contributed by atoms with Crippen LogP contribution in [-0.4, -0.2) is 40.5 Å². The third-order valence-corrected chi connectivity index (χ3v) is 7.01. The van der Waals surface area contributed by atoms with Gasteiger partial charge in [0.05, 0.1) is 10.9 Å². The van der Waals surface area contributed by atoms with Crippen molar-refractivity contribution in [2.75, 3.05) is 0 Å². The third kappa shape index (κ3) is 5.68. The number of rotatable bonds is 9. The number of benzene rings is 2. The van der Waals surface area contributed by atoms with Crippen LogP contribution in [0.4, 0.5) is 0 Å². The number of carbonyl (C=O) groups is 1. The lowest BCUT2D eigenvalue weighted by atomic mass is 10.1. The molecule has 1 aromatic heterocycles. The Balaban J connectivity index is 1.70. The Kier molecular flexibility index (Phi) is 7.42. The largest absolute Gasteiger partial charge is 0.296 e. The average Bonchev–Trinajstić information content (AvgIpc) is 3.16. The maximum Gasteiger partial charge on any atom is 0.241 e. The summed E-state index contributed by atoms with van der Waals surface area (Å²) >= 11 is 12.3. The standard InChI is InChI=1S/C20H21Cl2N5O3S/c1-3-17(25-31(29,30)19-10-5-4-7-13(19)2)18(28)12-27-24-20(23-26-27)11-14-15(21)8-6-9-16(14)22/h4-10,17,25H,3,11-12H2,1-2H3. The summed E-state index contributed by atoms with van der Waals surface area (Å²) in [5.41, 5.74) is 1.26. The molecule has 1 unspecified atom stereocenters. The summed E-state index contributed by atoms with van der Waals surface area (Å²) in [6, 6.07) is 10.8. The van der Waals surface area contributed by atoms with Gasteiger partial charge in [-0.15, -0.1) is 10.2 Å². The van der Waals surface area contributed by atoms with E-state index in [2.05, 4.69) is 20.1 Å². The number of sulfonamides is 1. The number of nitrogens with zero attached hydrogens (tertiary/aromatic N) is 4. The van der Waals surface area contributed by atoms with E-state index in [9.17, 15) is 13.2 Å². The Hall–Kier alpha value is -2.33. The second kappa shape index (κ2) is 9.86. The highest BCUT2D eigenvalue weighted by Crippen LogP contribution is 2.25. The predicted molar refractivity (Wildman–Crippen MR) is 118 cm³/mol. The van der Waals surface area contributed by atoms with Crippen molar-refractivity contribution in [3.05, 3.63) is 69.5 Å². The second-order valence-electron chi connectivity index (χ2n) is 6.93. The monoisotopic (exact) mass is 481 g/mol. The first-order valence-corrected chi connectivity index (χ1v) is 11.8. The fraction of sp³-hybridized carbons (Fsp3) is 0.300. The molecule has 3 rings (SSSR count). The molecule has 8 nitrogen and oxygen atoms in total. The predicted octanol–water partition coefficient (Wildman–Crippen LogP) is 3.21. The highest BCUT2D eigenvalue weighted by Gasteiger charge is 2.26. The van der Waals surface area contributed by atoms with E-state index in [1.807, 2.05) is 0 Å². The molecular formula is C20H21Cl2N5O3S. The van der Waals surface area contributed by atoms with Gasteiger partial charge in [0.15, 0.2) is 11.6 Å². The summed E-state index contributed by atoms with van der Waals surface area (Å²) in [6.07, 6.45) is 0.532. The van der Waals surface area contributed by atoms with Gasteiger partial charge in [0.1, 0.15) is 6.54 Å². The number of nitrogens with one attached hydrogen (secondary N) is 1. The molecule has 0 saturated carbocycles. The van der Waals surface area contributed by atoms with Crippen LogP contribution in [0.25, 0.3) is 0 Å². The Morgan fingerprint density at radius 1 is 1.13 bits per heavy atom. The first kappa shape index (κ1) is 23.3. The molecule has 11 heteroatoms. The number of carbonyl (C=O) groups excluding carboxylic acids is 1. The van der Waals surface area contributed by atoms with Gasteiger partial charge >= 0.3 is 0 Å². The van der Waals surface area contributed by atoms with Crippen LogP contribution in [0.2, 0.25) is 10.0 Å². The average molecular weight is 482 g/mol. The van der Waals surface area contributed by atoms with Crippen molar-refractivity contribution in [1.82, 2.24) is 24.9 Å². The van der Waals surface area contributed by atoms with Gasteiger partial charge < -0.3 is 0 Å². The van der Waals surface area contributed by atoms with Crippen LogP contribution in [0, 0.1) is 6.92 Å². The maximum absolute atomic E-state index is 12.7. The van der Waals surface area contributed by atoms with Gasteiger partial charge in [-0.3, -0.25) is 4.79 Å². The first-order chi connectivity index (χ1) is 14.7. The molecule has 0 fully saturated rings. The minimum absolute atomic E-state index is 0.138. The van der Waals surface area contributed by atoms with Crippen LogP contribution >= 0.6 is 23.2 Å². The van der Waals surface area contributed by atoms with Crippen molar-refractivity contribution >= 4 is 39.0 Å². The number of ketones is 1. The van der Waals surface area contributed by atoms with E-state index in [1.165, 1.54) is 6.07 Å². The molecule has 3 aromatic rings. The molecule has 2 aromatic carbocycles. The zero-order chi connectivity index (χ0) is 22.6. The molecule has 164 valence electrons. The fourth-order valence-electron chi connectivity index (χ4n) is 3.01. The number of aromatic nitrogens is 4. The fourth-order valence-corrected chi connectivity index (χ4v) is 5.09. The van der Waals surface area contributed by atoms with E-state index in [0.29, 0.717) is 27.0 Å². The molecule has 31 heavy (non-hydrogen) atoms. The smallest absolute Gasteiger partial charge is 0.241 e. The summed E-state index contributed by atoms with van der Waals surface area (Å²) in [6.45, 7) is 3.20. The van der Waals surface area contributed by atoms with Crippen molar-refractivity contribution in [3.8, 4) is 0 Å². The number of hydrogen-bond donors (Lipinski definition) is 1. The summed E-state index contributed by atoms with van der Waals surface area (Å²) in [5, 5.41) is 13.0. The Morgan fingerprint density at radius 2 is 1.81 bits per heavy atom. The molecule has 0 aliphatic heterocycles. The molecule has 1 heterocycles. The van der Waals surface area contributed by atoms with Crippen molar-refractivity contribution in [2.45, 2.75) is 44.2 Å². The van der Waals surface area contributed by atoms with Crippen molar-refractivity contribution in [1.29, 1.82) is 0 Å². The van der Waals surface area contributed by atoms with Crippen LogP contribution < -0.4 is 4.72 Å². The number of tetrazole rings is 1. The summed E-state index contributed by atoms with van der Waals surface area (Å²) in [5.74, 6) is -0.0317. The molecule has 0 spiro atoms. The van der Waals surface area contributed by atoms with Gasteiger partial charge in [-0.1, -0.05) is 54.4 Å². The number of Topliss-reactive ketones (excluding diaryl/α,β-unsaturated/α-hetero) is 1. The Labute approximate surface area is 190 Å². The van der Waals surface area contributed by atoms with Crippen molar-refractivity contribution in [3.63, 3.8) is 0 Å². The molecule has 0 bridgehead atoms. The molecule has 0 radical (unpaired) electrons. The van der Waals surface area contributed by atoms with Crippen LogP contribution in [0.3, 0.4) is 0 Å². The molecule has 0 saturated heterocycles. The van der Waals surface area contributed by atoms with Crippen LogP contribution in [-0.2, 0) is 27.8 Å². The van der Waals surface area contributed by atoms with E-state index >= 15 is 0 Å². The highest BCUT2D eigenvalue weighted by molar-refractivity contribution is 7.89. The van der Waals surface area contributed by atoms with E-state index < -0.39 is 16.1 Å². The van der Waals surface area contributed by atoms with Crippen LogP contribution in [0.15, 0.2) is 47.4 Å². The van der Waals surface area contributed by atoms with Gasteiger partial charge in [0.2, 0.25) is 10.0 Å². The van der Waals surface area contributed by atoms with Gasteiger partial charge in [0, 0.05) is 16.5 Å². The summed E-state index contributed by atoms with van der Waals surface area (Å²) < 4.78 is 27.9. The zero-order valence-corrected chi connectivity index (χ0v) is 19.2. The SMILES string of the molecule is CCC(NS(=O)(=O)c1ccccc1C)C(=O)Cn1nnc(Cc2c(Cl)cccc2Cl)n1. The lowest BCUT2D eigenvalue weighted by Gasteiger charge is -2.16. The topological polar surface area (TPSA) is 107 Å². The van der Waals surface area contributed by atoms with Gasteiger partial charge in [-0.25, -0.2) is 13.1 Å². The minimum atomic E-state index is -3.85. The molecule has 0 amide bonds. The van der Waals surface area contributed by atoms with E-state index in [0.717, 1.165) is 4.80 Å². The van der Waals surface area contributed by atoms with E-state index in [1.54, 1.807) is 50.2 Å². The summed E-state index contributed by atoms with van der Waals surface area (Å²) in [7, 11) is -3.85. The number of aryl methyl sites for hydroxylation is 1. The third-order valence-electron chi connectivity index (χ3n) is 4.67. The molecule has 1 atom stereocenters. The lowest BCUT2D eigenvalue weighted by molar-refractivity contribution is -0.121. The normalized spacial score (nSPS) is 12.6. The minimum Gasteiger partial charge on any atom is -0.296 e. The lowest BCUT2D eigenvalue weighted by Crippen LogP contribution is -2.42. The van der Waals surface area contributed by atoms with Gasteiger partial charge in [0.25, 0.3) is 0 Å². The molecule has 0 aliphatic carbocycles. The van der Waals surface area contributed by atoms with E-state index in [-0.39, 0.29) is 30.1 Å². The van der Waals surface area contributed by atoms with Gasteiger partial charge in [-0.05, 0) is 47.9 Å². The number of halogens is 2. The van der Waals surface area contributed by atoms with Crippen LogP contribution in [0.5, 0.6) is 0 Å². The Bertz CT molecular complexity index is 1180. The molecular weight excluding hydrogens is 461 g/mol. The van der Waals surface area contributed by atoms with Crippen LogP contribution in [0.1, 0.15) is 30.3 Å². The second-order valence-corrected chi connectivity index (χ2v) is 9.42. The van der Waals surface area contributed by atoms with E-state index in [4.69, 9.17) is 23.2 Å². The van der Waals surface area contributed by atoms with Crippen molar-refractivity contribution in [2.24, 2.45) is 0 Å². The maximum atomic E-state index is 12.7. The zero-order valence-electron chi connectivity index (χ0n) is 16.9. The van der Waals surface area contributed by atoms with Gasteiger partial charge in [-0.2, -0.15) is 4.80 Å². The van der Waals surface area contributed by atoms with Crippen molar-refractivity contribution < 1.29 is 13.2 Å². The summed E-state index contributed by atoms with van der Waals surface area (Å²) in [4.78, 5) is 14.0. The highest BCUT2D eigenvalue weighted by atomic mass is 35.5. The quantitative estimate of drug-likeness (QED) is 0.502. The molecule has 1 N–H and O–H groups in total. The first-order valence-electron chi connectivity index (χ1n) is 9.51. The Morgan fingerprint density at radius 3 is 2.45 bits per heavy atom.